The molecule has 0 fully saturated rings. The number of ketones is 1. The van der Waals surface area contributed by atoms with E-state index in [4.69, 9.17) is 10.5 Å². The molecule has 2 N–H and O–H groups in total. The molecule has 0 saturated heterocycles. The summed E-state index contributed by atoms with van der Waals surface area (Å²) in [4.78, 5) is 13.5. The van der Waals surface area contributed by atoms with Crippen molar-refractivity contribution in [3.63, 3.8) is 0 Å². The standard InChI is InChI=1S/C11H16N2O2/c1-13(2)8-4-5-11(15-3)9(6-8)10(14)7-12/h4-6H,7,12H2,1-3H3. The predicted molar refractivity (Wildman–Crippen MR) is 60.7 cm³/mol. The third-order valence-electron chi connectivity index (χ3n) is 2.19. The van der Waals surface area contributed by atoms with Crippen LogP contribution in [0.4, 0.5) is 5.69 Å². The maximum atomic E-state index is 11.5. The molecule has 0 amide bonds. The van der Waals surface area contributed by atoms with Gasteiger partial charge in [0.1, 0.15) is 5.75 Å². The molecule has 0 spiro atoms. The Morgan fingerprint density at radius 2 is 2.13 bits per heavy atom. The second-order valence-electron chi connectivity index (χ2n) is 3.41. The smallest absolute Gasteiger partial charge is 0.180 e. The van der Waals surface area contributed by atoms with Crippen molar-refractivity contribution in [1.29, 1.82) is 0 Å². The molecule has 0 heterocycles. The highest BCUT2D eigenvalue weighted by atomic mass is 16.5. The molecule has 0 aliphatic rings. The Balaban J connectivity index is 3.19. The van der Waals surface area contributed by atoms with Crippen LogP contribution < -0.4 is 15.4 Å². The number of hydrogen-bond acceptors (Lipinski definition) is 4. The van der Waals surface area contributed by atoms with Gasteiger partial charge in [0, 0.05) is 19.8 Å². The lowest BCUT2D eigenvalue weighted by molar-refractivity contribution is 0.0998. The van der Waals surface area contributed by atoms with Crippen LogP contribution in [0.3, 0.4) is 0 Å². The summed E-state index contributed by atoms with van der Waals surface area (Å²) in [6, 6.07) is 5.46. The number of nitrogens with zero attached hydrogens (tertiary/aromatic N) is 1. The number of nitrogens with two attached hydrogens (primary N) is 1. The molecule has 1 aromatic rings. The zero-order valence-corrected chi connectivity index (χ0v) is 9.28. The average Bonchev–Trinajstić information content (AvgIpc) is 2.27. The van der Waals surface area contributed by atoms with E-state index in [0.717, 1.165) is 5.69 Å². The number of methoxy groups -OCH3 is 1. The van der Waals surface area contributed by atoms with Gasteiger partial charge in [-0.05, 0) is 18.2 Å². The summed E-state index contributed by atoms with van der Waals surface area (Å²) in [5, 5.41) is 0. The van der Waals surface area contributed by atoms with Crippen LogP contribution in [0, 0.1) is 0 Å². The molecule has 0 saturated carbocycles. The Kier molecular flexibility index (Phi) is 3.68. The van der Waals surface area contributed by atoms with Gasteiger partial charge >= 0.3 is 0 Å². The van der Waals surface area contributed by atoms with Gasteiger partial charge in [0.2, 0.25) is 0 Å². The van der Waals surface area contributed by atoms with E-state index < -0.39 is 0 Å². The first-order valence-electron chi connectivity index (χ1n) is 4.68. The molecule has 0 atom stereocenters. The maximum Gasteiger partial charge on any atom is 0.180 e. The largest absolute Gasteiger partial charge is 0.496 e. The molecule has 0 radical (unpaired) electrons. The third kappa shape index (κ3) is 2.47. The Bertz CT molecular complexity index is 362. The number of benzene rings is 1. The van der Waals surface area contributed by atoms with Crippen LogP contribution in [0.25, 0.3) is 0 Å². The summed E-state index contributed by atoms with van der Waals surface area (Å²) in [6.07, 6.45) is 0. The minimum atomic E-state index is -0.115. The fraction of sp³-hybridized carbons (Fsp3) is 0.364. The number of carbonyl (C=O) groups is 1. The lowest BCUT2D eigenvalue weighted by atomic mass is 10.1. The highest BCUT2D eigenvalue weighted by molar-refractivity contribution is 6.00. The Hall–Kier alpha value is -1.55. The SMILES string of the molecule is COc1ccc(N(C)C)cc1C(=O)CN. The van der Waals surface area contributed by atoms with Crippen LogP contribution >= 0.6 is 0 Å². The highest BCUT2D eigenvalue weighted by Gasteiger charge is 2.11. The van der Waals surface area contributed by atoms with E-state index in [9.17, 15) is 4.79 Å². The van der Waals surface area contributed by atoms with E-state index in [1.54, 1.807) is 12.1 Å². The Morgan fingerprint density at radius 3 is 2.60 bits per heavy atom. The van der Waals surface area contributed by atoms with Gasteiger partial charge in [-0.2, -0.15) is 0 Å². The summed E-state index contributed by atoms with van der Waals surface area (Å²) in [5.74, 6) is 0.451. The van der Waals surface area contributed by atoms with E-state index in [-0.39, 0.29) is 12.3 Å². The van der Waals surface area contributed by atoms with Crippen molar-refractivity contribution in [3.8, 4) is 5.75 Å². The minimum Gasteiger partial charge on any atom is -0.496 e. The summed E-state index contributed by atoms with van der Waals surface area (Å²) < 4.78 is 5.11. The second-order valence-corrected chi connectivity index (χ2v) is 3.41. The van der Waals surface area contributed by atoms with Crippen molar-refractivity contribution < 1.29 is 9.53 Å². The fourth-order valence-electron chi connectivity index (χ4n) is 1.30. The maximum absolute atomic E-state index is 11.5. The second kappa shape index (κ2) is 4.79. The minimum absolute atomic E-state index is 0.00670. The molecule has 0 aliphatic heterocycles. The Morgan fingerprint density at radius 1 is 1.47 bits per heavy atom. The zero-order valence-electron chi connectivity index (χ0n) is 9.28. The predicted octanol–water partition coefficient (Wildman–Crippen LogP) is 0.903. The van der Waals surface area contributed by atoms with Crippen LogP contribution in [0.1, 0.15) is 10.4 Å². The number of rotatable bonds is 4. The molecule has 15 heavy (non-hydrogen) atoms. The topological polar surface area (TPSA) is 55.6 Å². The number of Topliss-reactive ketones (excluding diaryl/α,β-unsaturated/α-hetero) is 1. The highest BCUT2D eigenvalue weighted by Crippen LogP contribution is 2.24. The van der Waals surface area contributed by atoms with Crippen molar-refractivity contribution in [2.75, 3.05) is 32.6 Å². The van der Waals surface area contributed by atoms with Crippen LogP contribution in [0.15, 0.2) is 18.2 Å². The lowest BCUT2D eigenvalue weighted by Gasteiger charge is -2.15. The van der Waals surface area contributed by atoms with Crippen LogP contribution in [-0.4, -0.2) is 33.5 Å². The van der Waals surface area contributed by atoms with Gasteiger partial charge in [-0.25, -0.2) is 0 Å². The monoisotopic (exact) mass is 208 g/mol. The molecule has 4 heteroatoms. The van der Waals surface area contributed by atoms with Gasteiger partial charge in [-0.15, -0.1) is 0 Å². The Labute approximate surface area is 89.6 Å². The van der Waals surface area contributed by atoms with Crippen LogP contribution in [0.5, 0.6) is 5.75 Å². The molecule has 1 aromatic carbocycles. The summed E-state index contributed by atoms with van der Waals surface area (Å²) in [6.45, 7) is -0.00670. The quantitative estimate of drug-likeness (QED) is 0.747. The van der Waals surface area contributed by atoms with Gasteiger partial charge in [0.05, 0.1) is 19.2 Å². The van der Waals surface area contributed by atoms with E-state index in [0.29, 0.717) is 11.3 Å². The lowest BCUT2D eigenvalue weighted by Crippen LogP contribution is -2.16. The number of anilines is 1. The van der Waals surface area contributed by atoms with Crippen molar-refractivity contribution in [1.82, 2.24) is 0 Å². The van der Waals surface area contributed by atoms with Crippen molar-refractivity contribution in [3.05, 3.63) is 23.8 Å². The van der Waals surface area contributed by atoms with Gasteiger partial charge < -0.3 is 15.4 Å². The van der Waals surface area contributed by atoms with Gasteiger partial charge in [-0.1, -0.05) is 0 Å². The van der Waals surface area contributed by atoms with E-state index in [1.807, 2.05) is 25.1 Å². The third-order valence-corrected chi connectivity index (χ3v) is 2.19. The average molecular weight is 208 g/mol. The van der Waals surface area contributed by atoms with E-state index in [1.165, 1.54) is 7.11 Å². The fourth-order valence-corrected chi connectivity index (χ4v) is 1.30. The van der Waals surface area contributed by atoms with Crippen molar-refractivity contribution >= 4 is 11.5 Å². The normalized spacial score (nSPS) is 9.87. The molecular formula is C11H16N2O2. The van der Waals surface area contributed by atoms with Gasteiger partial charge in [-0.3, -0.25) is 4.79 Å². The zero-order chi connectivity index (χ0) is 11.4. The first kappa shape index (κ1) is 11.5. The van der Waals surface area contributed by atoms with Gasteiger partial charge in [0.15, 0.2) is 5.78 Å². The van der Waals surface area contributed by atoms with Crippen LogP contribution in [0.2, 0.25) is 0 Å². The molecule has 4 nitrogen and oxygen atoms in total. The number of carbonyl (C=O) groups excluding carboxylic acids is 1. The van der Waals surface area contributed by atoms with E-state index >= 15 is 0 Å². The molecule has 82 valence electrons. The molecule has 0 aromatic heterocycles. The first-order valence-corrected chi connectivity index (χ1v) is 4.68. The summed E-state index contributed by atoms with van der Waals surface area (Å²) in [5.41, 5.74) is 6.82. The molecule has 0 aliphatic carbocycles. The summed E-state index contributed by atoms with van der Waals surface area (Å²) >= 11 is 0. The van der Waals surface area contributed by atoms with E-state index in [2.05, 4.69) is 0 Å². The molecular weight excluding hydrogens is 192 g/mol. The number of ether oxygens (including phenoxy) is 1. The number of hydrogen-bond donors (Lipinski definition) is 1. The van der Waals surface area contributed by atoms with Crippen molar-refractivity contribution in [2.24, 2.45) is 5.73 Å². The first-order chi connectivity index (χ1) is 7.10. The van der Waals surface area contributed by atoms with Crippen LogP contribution in [-0.2, 0) is 0 Å². The van der Waals surface area contributed by atoms with Crippen molar-refractivity contribution in [2.45, 2.75) is 0 Å². The summed E-state index contributed by atoms with van der Waals surface area (Å²) in [7, 11) is 5.37. The molecule has 0 bridgehead atoms. The molecule has 1 rings (SSSR count). The van der Waals surface area contributed by atoms with Gasteiger partial charge in [0.25, 0.3) is 0 Å². The molecule has 0 unspecified atom stereocenters.